The van der Waals surface area contributed by atoms with Gasteiger partial charge in [0.2, 0.25) is 0 Å². The lowest BCUT2D eigenvalue weighted by molar-refractivity contribution is 0.219. The minimum Gasteiger partial charge on any atom is -0.491 e. The number of rotatable bonds is 4. The van der Waals surface area contributed by atoms with Gasteiger partial charge in [0, 0.05) is 11.4 Å². The van der Waals surface area contributed by atoms with Crippen LogP contribution in [0.3, 0.4) is 0 Å². The molecular formula is C10H11BrCl2O. The smallest absolute Gasteiger partial charge is 0.121 e. The van der Waals surface area contributed by atoms with Crippen LogP contribution in [0.5, 0.6) is 5.75 Å². The van der Waals surface area contributed by atoms with Gasteiger partial charge in [-0.3, -0.25) is 0 Å². The molecule has 0 fully saturated rings. The van der Waals surface area contributed by atoms with E-state index in [-0.39, 0.29) is 6.10 Å². The van der Waals surface area contributed by atoms with Crippen molar-refractivity contribution in [1.29, 1.82) is 0 Å². The summed E-state index contributed by atoms with van der Waals surface area (Å²) >= 11 is 15.0. The van der Waals surface area contributed by atoms with Crippen molar-refractivity contribution in [2.75, 3.05) is 5.33 Å². The van der Waals surface area contributed by atoms with E-state index in [0.29, 0.717) is 10.0 Å². The minimum absolute atomic E-state index is 0.173. The normalized spacial score (nSPS) is 12.6. The van der Waals surface area contributed by atoms with Gasteiger partial charge in [0.25, 0.3) is 0 Å². The van der Waals surface area contributed by atoms with Gasteiger partial charge in [-0.25, -0.2) is 0 Å². The minimum atomic E-state index is 0.173. The first-order valence-electron chi connectivity index (χ1n) is 4.31. The van der Waals surface area contributed by atoms with Gasteiger partial charge in [-0.1, -0.05) is 39.1 Å². The molecule has 0 amide bonds. The highest BCUT2D eigenvalue weighted by Gasteiger charge is 2.04. The quantitative estimate of drug-likeness (QED) is 0.741. The third kappa shape index (κ3) is 3.68. The Morgan fingerprint density at radius 1 is 1.36 bits per heavy atom. The third-order valence-corrected chi connectivity index (χ3v) is 2.94. The molecular weight excluding hydrogens is 287 g/mol. The molecule has 0 saturated heterocycles. The molecule has 0 aromatic heterocycles. The summed E-state index contributed by atoms with van der Waals surface area (Å²) < 4.78 is 5.62. The van der Waals surface area contributed by atoms with Crippen LogP contribution >= 0.6 is 39.1 Å². The monoisotopic (exact) mass is 296 g/mol. The van der Waals surface area contributed by atoms with E-state index in [2.05, 4.69) is 15.9 Å². The van der Waals surface area contributed by atoms with Crippen molar-refractivity contribution in [2.24, 2.45) is 0 Å². The number of hydrogen-bond acceptors (Lipinski definition) is 1. The molecule has 1 unspecified atom stereocenters. The first kappa shape index (κ1) is 12.2. The lowest BCUT2D eigenvalue weighted by atomic mass is 10.3. The van der Waals surface area contributed by atoms with Gasteiger partial charge in [0.1, 0.15) is 5.75 Å². The largest absolute Gasteiger partial charge is 0.491 e. The Hall–Kier alpha value is 0.0800. The van der Waals surface area contributed by atoms with Gasteiger partial charge in [0.05, 0.1) is 16.1 Å². The average Bonchev–Trinajstić information content (AvgIpc) is 2.12. The van der Waals surface area contributed by atoms with Gasteiger partial charge in [0.15, 0.2) is 0 Å². The van der Waals surface area contributed by atoms with Crippen LogP contribution < -0.4 is 4.74 Å². The molecule has 1 aromatic rings. The lowest BCUT2D eigenvalue weighted by Crippen LogP contribution is -2.11. The van der Waals surface area contributed by atoms with Crippen LogP contribution in [0.4, 0.5) is 0 Å². The molecule has 0 aliphatic rings. The third-order valence-electron chi connectivity index (χ3n) is 1.74. The van der Waals surface area contributed by atoms with E-state index in [4.69, 9.17) is 27.9 Å². The molecule has 14 heavy (non-hydrogen) atoms. The van der Waals surface area contributed by atoms with Gasteiger partial charge < -0.3 is 4.74 Å². The van der Waals surface area contributed by atoms with E-state index in [9.17, 15) is 0 Å². The fourth-order valence-corrected chi connectivity index (χ4v) is 1.93. The predicted octanol–water partition coefficient (Wildman–Crippen LogP) is 4.55. The Morgan fingerprint density at radius 3 is 2.64 bits per heavy atom. The highest BCUT2D eigenvalue weighted by molar-refractivity contribution is 9.09. The van der Waals surface area contributed by atoms with Crippen LogP contribution in [0.25, 0.3) is 0 Å². The molecule has 0 heterocycles. The average molecular weight is 298 g/mol. The van der Waals surface area contributed by atoms with Gasteiger partial charge in [-0.2, -0.15) is 0 Å². The topological polar surface area (TPSA) is 9.23 Å². The second-order valence-electron chi connectivity index (χ2n) is 2.98. The number of hydrogen-bond donors (Lipinski definition) is 0. The van der Waals surface area contributed by atoms with E-state index in [1.165, 1.54) is 0 Å². The summed E-state index contributed by atoms with van der Waals surface area (Å²) in [5, 5.41) is 2.00. The van der Waals surface area contributed by atoms with Crippen LogP contribution in [0, 0.1) is 0 Å². The predicted molar refractivity (Wildman–Crippen MR) is 65.0 cm³/mol. The summed E-state index contributed by atoms with van der Waals surface area (Å²) in [6.45, 7) is 2.02. The van der Waals surface area contributed by atoms with Gasteiger partial charge in [-0.05, 0) is 25.5 Å². The van der Waals surface area contributed by atoms with E-state index in [0.717, 1.165) is 17.5 Å². The molecule has 1 rings (SSSR count). The fourth-order valence-electron chi connectivity index (χ4n) is 0.995. The maximum atomic E-state index is 5.85. The van der Waals surface area contributed by atoms with Crippen molar-refractivity contribution in [1.82, 2.24) is 0 Å². The summed E-state index contributed by atoms with van der Waals surface area (Å²) in [5.41, 5.74) is 0. The van der Waals surface area contributed by atoms with Crippen LogP contribution in [0.2, 0.25) is 10.0 Å². The van der Waals surface area contributed by atoms with Crippen LogP contribution in [-0.4, -0.2) is 11.4 Å². The highest BCUT2D eigenvalue weighted by Crippen LogP contribution is 2.27. The second-order valence-corrected chi connectivity index (χ2v) is 4.59. The Bertz CT molecular complexity index is 304. The molecule has 78 valence electrons. The molecule has 4 heteroatoms. The molecule has 0 N–H and O–H groups in total. The SMILES string of the molecule is CC(CCBr)Oc1ccc(Cl)c(Cl)c1. The summed E-state index contributed by atoms with van der Waals surface area (Å²) in [6, 6.07) is 5.29. The molecule has 0 radical (unpaired) electrons. The molecule has 0 aliphatic carbocycles. The van der Waals surface area contributed by atoms with Crippen LogP contribution in [-0.2, 0) is 0 Å². The Kier molecular flexibility index (Phi) is 5.07. The number of alkyl halides is 1. The maximum absolute atomic E-state index is 5.85. The second kappa shape index (κ2) is 5.84. The number of halogens is 3. The molecule has 1 nitrogen and oxygen atoms in total. The summed E-state index contributed by atoms with van der Waals surface area (Å²) in [5.74, 6) is 0.757. The highest BCUT2D eigenvalue weighted by atomic mass is 79.9. The Balaban J connectivity index is 2.63. The standard InChI is InChI=1S/C10H11BrCl2O/c1-7(4-5-11)14-8-2-3-9(12)10(13)6-8/h2-3,6-7H,4-5H2,1H3. The summed E-state index contributed by atoms with van der Waals surface area (Å²) in [7, 11) is 0. The first-order chi connectivity index (χ1) is 6.63. The van der Waals surface area contributed by atoms with E-state index in [1.54, 1.807) is 12.1 Å². The van der Waals surface area contributed by atoms with Gasteiger partial charge in [-0.15, -0.1) is 0 Å². The summed E-state index contributed by atoms with van der Waals surface area (Å²) in [6.07, 6.45) is 1.13. The first-order valence-corrected chi connectivity index (χ1v) is 6.19. The zero-order valence-electron chi connectivity index (χ0n) is 7.77. The van der Waals surface area contributed by atoms with Crippen LogP contribution in [0.1, 0.15) is 13.3 Å². The molecule has 0 bridgehead atoms. The van der Waals surface area contributed by atoms with Crippen molar-refractivity contribution >= 4 is 39.1 Å². The van der Waals surface area contributed by atoms with Crippen molar-refractivity contribution in [3.05, 3.63) is 28.2 Å². The Labute approximate surface area is 102 Å². The Morgan fingerprint density at radius 2 is 2.07 bits per heavy atom. The molecule has 1 aromatic carbocycles. The molecule has 1 atom stereocenters. The lowest BCUT2D eigenvalue weighted by Gasteiger charge is -2.13. The van der Waals surface area contributed by atoms with E-state index in [1.807, 2.05) is 13.0 Å². The van der Waals surface area contributed by atoms with Gasteiger partial charge >= 0.3 is 0 Å². The maximum Gasteiger partial charge on any atom is 0.121 e. The number of benzene rings is 1. The zero-order chi connectivity index (χ0) is 10.6. The van der Waals surface area contributed by atoms with Crippen molar-refractivity contribution in [2.45, 2.75) is 19.4 Å². The molecule has 0 aliphatic heterocycles. The molecule has 0 spiro atoms. The van der Waals surface area contributed by atoms with Crippen molar-refractivity contribution < 1.29 is 4.74 Å². The molecule has 0 saturated carbocycles. The van der Waals surface area contributed by atoms with Crippen LogP contribution in [0.15, 0.2) is 18.2 Å². The number of ether oxygens (including phenoxy) is 1. The van der Waals surface area contributed by atoms with Crippen molar-refractivity contribution in [3.8, 4) is 5.75 Å². The zero-order valence-corrected chi connectivity index (χ0v) is 10.9. The summed E-state index contributed by atoms with van der Waals surface area (Å²) in [4.78, 5) is 0. The van der Waals surface area contributed by atoms with E-state index < -0.39 is 0 Å². The fraction of sp³-hybridized carbons (Fsp3) is 0.400. The van der Waals surface area contributed by atoms with E-state index >= 15 is 0 Å². The van der Waals surface area contributed by atoms with Crippen molar-refractivity contribution in [3.63, 3.8) is 0 Å².